The largest absolute Gasteiger partial charge is 0.355 e. The molecule has 1 aromatic rings. The minimum atomic E-state index is 0.0447. The van der Waals surface area contributed by atoms with Gasteiger partial charge in [-0.3, -0.25) is 4.79 Å². The molecule has 1 atom stereocenters. The average molecular weight is 240 g/mol. The second kappa shape index (κ2) is 7.41. The molecule has 1 unspecified atom stereocenters. The summed E-state index contributed by atoms with van der Waals surface area (Å²) in [7, 11) is 0. The SMILES string of the molecule is CCNCC(C)C(=O)NCCc1cccs1. The molecule has 0 aliphatic heterocycles. The van der Waals surface area contributed by atoms with Crippen molar-refractivity contribution in [1.82, 2.24) is 10.6 Å². The average Bonchev–Trinajstić information content (AvgIpc) is 2.78. The van der Waals surface area contributed by atoms with Gasteiger partial charge >= 0.3 is 0 Å². The van der Waals surface area contributed by atoms with Crippen LogP contribution in [0, 0.1) is 5.92 Å². The van der Waals surface area contributed by atoms with E-state index in [9.17, 15) is 4.79 Å². The van der Waals surface area contributed by atoms with Gasteiger partial charge in [-0.2, -0.15) is 0 Å². The first-order valence-electron chi connectivity index (χ1n) is 5.74. The first kappa shape index (κ1) is 13.2. The van der Waals surface area contributed by atoms with Crippen molar-refractivity contribution in [1.29, 1.82) is 0 Å². The fourth-order valence-electron chi connectivity index (χ4n) is 1.39. The van der Waals surface area contributed by atoms with E-state index >= 15 is 0 Å². The van der Waals surface area contributed by atoms with Gasteiger partial charge in [0.1, 0.15) is 0 Å². The molecular weight excluding hydrogens is 220 g/mol. The number of rotatable bonds is 7. The molecule has 0 radical (unpaired) electrons. The van der Waals surface area contributed by atoms with Crippen LogP contribution < -0.4 is 10.6 Å². The molecule has 0 fully saturated rings. The van der Waals surface area contributed by atoms with Crippen LogP contribution in [0.4, 0.5) is 0 Å². The minimum Gasteiger partial charge on any atom is -0.355 e. The summed E-state index contributed by atoms with van der Waals surface area (Å²) in [5, 5.41) is 8.19. The number of carbonyl (C=O) groups is 1. The van der Waals surface area contributed by atoms with Crippen molar-refractivity contribution < 1.29 is 4.79 Å². The van der Waals surface area contributed by atoms with E-state index in [2.05, 4.69) is 22.1 Å². The lowest BCUT2D eigenvalue weighted by Gasteiger charge is -2.11. The van der Waals surface area contributed by atoms with E-state index in [4.69, 9.17) is 0 Å². The van der Waals surface area contributed by atoms with Gasteiger partial charge in [0.05, 0.1) is 0 Å². The van der Waals surface area contributed by atoms with Crippen LogP contribution in [0.2, 0.25) is 0 Å². The second-order valence-electron chi connectivity index (χ2n) is 3.83. The van der Waals surface area contributed by atoms with Crippen molar-refractivity contribution in [3.63, 3.8) is 0 Å². The van der Waals surface area contributed by atoms with E-state index in [-0.39, 0.29) is 11.8 Å². The first-order chi connectivity index (χ1) is 7.74. The number of thiophene rings is 1. The Labute approximate surface area is 101 Å². The molecule has 0 saturated heterocycles. The van der Waals surface area contributed by atoms with Crippen LogP contribution in [0.3, 0.4) is 0 Å². The third-order valence-electron chi connectivity index (χ3n) is 2.40. The molecular formula is C12H20N2OS. The molecule has 0 aliphatic rings. The monoisotopic (exact) mass is 240 g/mol. The summed E-state index contributed by atoms with van der Waals surface area (Å²) in [5.41, 5.74) is 0. The van der Waals surface area contributed by atoms with E-state index in [1.165, 1.54) is 4.88 Å². The summed E-state index contributed by atoms with van der Waals surface area (Å²) >= 11 is 1.73. The Hall–Kier alpha value is -0.870. The lowest BCUT2D eigenvalue weighted by Crippen LogP contribution is -2.36. The molecule has 16 heavy (non-hydrogen) atoms. The van der Waals surface area contributed by atoms with Crippen molar-refractivity contribution in [2.45, 2.75) is 20.3 Å². The highest BCUT2D eigenvalue weighted by molar-refractivity contribution is 7.09. The zero-order valence-electron chi connectivity index (χ0n) is 9.95. The Bertz CT molecular complexity index is 298. The molecule has 1 amide bonds. The number of amides is 1. The van der Waals surface area contributed by atoms with E-state index in [0.29, 0.717) is 0 Å². The van der Waals surface area contributed by atoms with Gasteiger partial charge in [-0.25, -0.2) is 0 Å². The van der Waals surface area contributed by atoms with Crippen LogP contribution in [-0.2, 0) is 11.2 Å². The molecule has 1 rings (SSSR count). The summed E-state index contributed by atoms with van der Waals surface area (Å²) in [4.78, 5) is 12.9. The minimum absolute atomic E-state index is 0.0447. The molecule has 1 heterocycles. The number of hydrogen-bond acceptors (Lipinski definition) is 3. The number of carbonyl (C=O) groups excluding carboxylic acids is 1. The fraction of sp³-hybridized carbons (Fsp3) is 0.583. The van der Waals surface area contributed by atoms with Crippen molar-refractivity contribution in [2.75, 3.05) is 19.6 Å². The molecule has 90 valence electrons. The summed E-state index contributed by atoms with van der Waals surface area (Å²) in [6.45, 7) is 6.38. The van der Waals surface area contributed by atoms with Crippen LogP contribution in [-0.4, -0.2) is 25.5 Å². The lowest BCUT2D eigenvalue weighted by molar-refractivity contribution is -0.124. The maximum atomic E-state index is 11.6. The standard InChI is InChI=1S/C12H20N2OS/c1-3-13-9-10(2)12(15)14-7-6-11-5-4-8-16-11/h4-5,8,10,13H,3,6-7,9H2,1-2H3,(H,14,15). The summed E-state index contributed by atoms with van der Waals surface area (Å²) in [6.07, 6.45) is 0.928. The summed E-state index contributed by atoms with van der Waals surface area (Å²) in [5.74, 6) is 0.181. The van der Waals surface area contributed by atoms with Gasteiger partial charge in [0.25, 0.3) is 0 Å². The molecule has 2 N–H and O–H groups in total. The van der Waals surface area contributed by atoms with Crippen molar-refractivity contribution >= 4 is 17.2 Å². The van der Waals surface area contributed by atoms with E-state index in [1.807, 2.05) is 19.9 Å². The molecule has 0 aromatic carbocycles. The highest BCUT2D eigenvalue weighted by Gasteiger charge is 2.10. The molecule has 3 nitrogen and oxygen atoms in total. The van der Waals surface area contributed by atoms with Crippen molar-refractivity contribution in [2.24, 2.45) is 5.92 Å². The van der Waals surface area contributed by atoms with Crippen LogP contribution >= 0.6 is 11.3 Å². The van der Waals surface area contributed by atoms with Crippen LogP contribution in [0.1, 0.15) is 18.7 Å². The third-order valence-corrected chi connectivity index (χ3v) is 3.34. The van der Waals surface area contributed by atoms with E-state index in [0.717, 1.165) is 26.1 Å². The van der Waals surface area contributed by atoms with Crippen LogP contribution in [0.5, 0.6) is 0 Å². The van der Waals surface area contributed by atoms with Gasteiger partial charge in [-0.05, 0) is 24.4 Å². The van der Waals surface area contributed by atoms with Gasteiger partial charge in [-0.1, -0.05) is 19.9 Å². The second-order valence-corrected chi connectivity index (χ2v) is 4.86. The maximum Gasteiger partial charge on any atom is 0.224 e. The molecule has 0 spiro atoms. The topological polar surface area (TPSA) is 41.1 Å². The van der Waals surface area contributed by atoms with Crippen molar-refractivity contribution in [3.8, 4) is 0 Å². The first-order valence-corrected chi connectivity index (χ1v) is 6.62. The zero-order chi connectivity index (χ0) is 11.8. The van der Waals surface area contributed by atoms with Gasteiger partial charge in [0, 0.05) is 23.9 Å². The highest BCUT2D eigenvalue weighted by atomic mass is 32.1. The lowest BCUT2D eigenvalue weighted by atomic mass is 10.1. The fourth-order valence-corrected chi connectivity index (χ4v) is 2.10. The Balaban J connectivity index is 2.14. The van der Waals surface area contributed by atoms with E-state index < -0.39 is 0 Å². The Morgan fingerprint density at radius 1 is 1.56 bits per heavy atom. The van der Waals surface area contributed by atoms with Gasteiger partial charge in [0.2, 0.25) is 5.91 Å². The van der Waals surface area contributed by atoms with Gasteiger partial charge in [-0.15, -0.1) is 11.3 Å². The Morgan fingerprint density at radius 2 is 2.38 bits per heavy atom. The van der Waals surface area contributed by atoms with Crippen molar-refractivity contribution in [3.05, 3.63) is 22.4 Å². The summed E-state index contributed by atoms with van der Waals surface area (Å²) < 4.78 is 0. The third kappa shape index (κ3) is 4.77. The molecule has 0 bridgehead atoms. The molecule has 0 saturated carbocycles. The maximum absolute atomic E-state index is 11.6. The van der Waals surface area contributed by atoms with Gasteiger partial charge < -0.3 is 10.6 Å². The van der Waals surface area contributed by atoms with Crippen LogP contribution in [0.25, 0.3) is 0 Å². The summed E-state index contributed by atoms with van der Waals surface area (Å²) in [6, 6.07) is 4.13. The Kier molecular flexibility index (Phi) is 6.11. The highest BCUT2D eigenvalue weighted by Crippen LogP contribution is 2.08. The zero-order valence-corrected chi connectivity index (χ0v) is 10.8. The predicted molar refractivity (Wildman–Crippen MR) is 68.7 cm³/mol. The molecule has 1 aromatic heterocycles. The van der Waals surface area contributed by atoms with Gasteiger partial charge in [0.15, 0.2) is 0 Å². The number of nitrogens with one attached hydrogen (secondary N) is 2. The molecule has 0 aliphatic carbocycles. The van der Waals surface area contributed by atoms with Crippen LogP contribution in [0.15, 0.2) is 17.5 Å². The Morgan fingerprint density at radius 3 is 3.00 bits per heavy atom. The quantitative estimate of drug-likeness (QED) is 0.761. The van der Waals surface area contributed by atoms with E-state index in [1.54, 1.807) is 11.3 Å². The predicted octanol–water partition coefficient (Wildman–Crippen LogP) is 1.65. The smallest absolute Gasteiger partial charge is 0.224 e. The molecule has 4 heteroatoms. The number of hydrogen-bond donors (Lipinski definition) is 2. The normalized spacial score (nSPS) is 12.4.